The van der Waals surface area contributed by atoms with Crippen LogP contribution < -0.4 is 0 Å². The van der Waals surface area contributed by atoms with Crippen molar-refractivity contribution in [3.63, 3.8) is 0 Å². The lowest BCUT2D eigenvalue weighted by molar-refractivity contribution is 1.18. The fraction of sp³-hybridized carbons (Fsp3) is 0. The lowest BCUT2D eigenvalue weighted by Crippen LogP contribution is -1.93. The SMILES string of the molecule is c1cc(-c2c[nH]c3ccccc23)cc(-n2c3ccccc3c3ccccc32)c1. The Morgan fingerprint density at radius 1 is 0.571 bits per heavy atom. The summed E-state index contributed by atoms with van der Waals surface area (Å²) in [4.78, 5) is 3.39. The highest BCUT2D eigenvalue weighted by atomic mass is 15.0. The number of aromatic amines is 1. The second kappa shape index (κ2) is 5.86. The van der Waals surface area contributed by atoms with Crippen molar-refractivity contribution in [1.29, 1.82) is 0 Å². The van der Waals surface area contributed by atoms with Crippen LogP contribution in [-0.2, 0) is 0 Å². The summed E-state index contributed by atoms with van der Waals surface area (Å²) in [7, 11) is 0. The molecule has 6 rings (SSSR count). The van der Waals surface area contributed by atoms with E-state index in [2.05, 4.69) is 113 Å². The van der Waals surface area contributed by atoms with Crippen molar-refractivity contribution in [1.82, 2.24) is 9.55 Å². The average Bonchev–Trinajstić information content (AvgIpc) is 3.33. The van der Waals surface area contributed by atoms with Crippen LogP contribution in [0.15, 0.2) is 103 Å². The number of hydrogen-bond acceptors (Lipinski definition) is 0. The molecular weight excluding hydrogens is 340 g/mol. The normalized spacial score (nSPS) is 11.6. The summed E-state index contributed by atoms with van der Waals surface area (Å²) in [5.74, 6) is 0. The van der Waals surface area contributed by atoms with E-state index in [4.69, 9.17) is 0 Å². The summed E-state index contributed by atoms with van der Waals surface area (Å²) >= 11 is 0. The third-order valence-electron chi connectivity index (χ3n) is 5.58. The minimum atomic E-state index is 1.17. The molecule has 0 saturated heterocycles. The third kappa shape index (κ3) is 2.15. The van der Waals surface area contributed by atoms with Crippen LogP contribution in [0.4, 0.5) is 0 Å². The quantitative estimate of drug-likeness (QED) is 0.346. The monoisotopic (exact) mass is 358 g/mol. The molecular formula is C26H18N2. The first-order chi connectivity index (χ1) is 13.9. The molecule has 28 heavy (non-hydrogen) atoms. The Kier molecular flexibility index (Phi) is 3.20. The van der Waals surface area contributed by atoms with Crippen LogP contribution >= 0.6 is 0 Å². The number of nitrogens with one attached hydrogen (secondary N) is 1. The number of rotatable bonds is 2. The Balaban J connectivity index is 1.64. The number of aromatic nitrogens is 2. The second-order valence-corrected chi connectivity index (χ2v) is 7.17. The minimum Gasteiger partial charge on any atom is -0.361 e. The van der Waals surface area contributed by atoms with Crippen LogP contribution in [0.25, 0.3) is 49.5 Å². The molecule has 0 spiro atoms. The molecule has 0 amide bonds. The number of nitrogens with zero attached hydrogens (tertiary/aromatic N) is 1. The zero-order valence-corrected chi connectivity index (χ0v) is 15.3. The smallest absolute Gasteiger partial charge is 0.0541 e. The highest BCUT2D eigenvalue weighted by Crippen LogP contribution is 2.34. The fourth-order valence-electron chi connectivity index (χ4n) is 4.32. The molecule has 0 radical (unpaired) electrons. The summed E-state index contributed by atoms with van der Waals surface area (Å²) in [5.41, 5.74) is 7.27. The van der Waals surface area contributed by atoms with Gasteiger partial charge in [0.05, 0.1) is 11.0 Å². The summed E-state index contributed by atoms with van der Waals surface area (Å²) in [6.07, 6.45) is 2.11. The van der Waals surface area contributed by atoms with Gasteiger partial charge in [0.1, 0.15) is 0 Å². The third-order valence-corrected chi connectivity index (χ3v) is 5.58. The van der Waals surface area contributed by atoms with Gasteiger partial charge < -0.3 is 9.55 Å². The van der Waals surface area contributed by atoms with E-state index in [0.29, 0.717) is 0 Å². The van der Waals surface area contributed by atoms with E-state index in [-0.39, 0.29) is 0 Å². The van der Waals surface area contributed by atoms with Gasteiger partial charge in [-0.05, 0) is 35.9 Å². The average molecular weight is 358 g/mol. The first-order valence-electron chi connectivity index (χ1n) is 9.55. The number of hydrogen-bond donors (Lipinski definition) is 1. The maximum absolute atomic E-state index is 3.39. The van der Waals surface area contributed by atoms with Gasteiger partial charge in [0.2, 0.25) is 0 Å². The maximum Gasteiger partial charge on any atom is 0.0541 e. The van der Waals surface area contributed by atoms with E-state index in [1.165, 1.54) is 49.5 Å². The van der Waals surface area contributed by atoms with Gasteiger partial charge in [-0.25, -0.2) is 0 Å². The molecule has 0 aliphatic carbocycles. The van der Waals surface area contributed by atoms with Crippen molar-refractivity contribution in [3.8, 4) is 16.8 Å². The van der Waals surface area contributed by atoms with Crippen LogP contribution in [0, 0.1) is 0 Å². The molecule has 0 unspecified atom stereocenters. The van der Waals surface area contributed by atoms with Gasteiger partial charge in [-0.2, -0.15) is 0 Å². The number of H-pyrrole nitrogens is 1. The van der Waals surface area contributed by atoms with E-state index in [0.717, 1.165) is 0 Å². The fourth-order valence-corrected chi connectivity index (χ4v) is 4.32. The van der Waals surface area contributed by atoms with Gasteiger partial charge in [-0.1, -0.05) is 66.7 Å². The summed E-state index contributed by atoms with van der Waals surface area (Å²) in [6.45, 7) is 0. The Morgan fingerprint density at radius 2 is 1.21 bits per heavy atom. The lowest BCUT2D eigenvalue weighted by Gasteiger charge is -2.10. The Labute approximate surface area is 162 Å². The Hall–Kier alpha value is -3.78. The number of fused-ring (bicyclic) bond motifs is 4. The zero-order chi connectivity index (χ0) is 18.5. The number of para-hydroxylation sites is 3. The predicted molar refractivity (Wildman–Crippen MR) is 118 cm³/mol. The van der Waals surface area contributed by atoms with E-state index in [9.17, 15) is 0 Å². The first kappa shape index (κ1) is 15.3. The van der Waals surface area contributed by atoms with Crippen LogP contribution in [0.1, 0.15) is 0 Å². The molecule has 1 N–H and O–H groups in total. The molecule has 2 heterocycles. The predicted octanol–water partition coefficient (Wildman–Crippen LogP) is 6.93. The first-order valence-corrected chi connectivity index (χ1v) is 9.55. The molecule has 2 aromatic heterocycles. The lowest BCUT2D eigenvalue weighted by atomic mass is 10.0. The summed E-state index contributed by atoms with van der Waals surface area (Å²) in [5, 5.41) is 3.83. The van der Waals surface area contributed by atoms with Gasteiger partial charge in [0.15, 0.2) is 0 Å². The van der Waals surface area contributed by atoms with E-state index in [1.807, 2.05) is 0 Å². The van der Waals surface area contributed by atoms with E-state index in [1.54, 1.807) is 0 Å². The molecule has 0 atom stereocenters. The maximum atomic E-state index is 3.39. The summed E-state index contributed by atoms with van der Waals surface area (Å²) in [6, 6.07) is 34.5. The van der Waals surface area contributed by atoms with Gasteiger partial charge >= 0.3 is 0 Å². The van der Waals surface area contributed by atoms with Crippen molar-refractivity contribution in [3.05, 3.63) is 103 Å². The molecule has 2 heteroatoms. The van der Waals surface area contributed by atoms with Gasteiger partial charge in [0.25, 0.3) is 0 Å². The second-order valence-electron chi connectivity index (χ2n) is 7.17. The summed E-state index contributed by atoms with van der Waals surface area (Å²) < 4.78 is 2.36. The van der Waals surface area contributed by atoms with E-state index < -0.39 is 0 Å². The van der Waals surface area contributed by atoms with Crippen molar-refractivity contribution in [2.75, 3.05) is 0 Å². The van der Waals surface area contributed by atoms with Crippen LogP contribution in [0.3, 0.4) is 0 Å². The number of benzene rings is 4. The molecule has 0 fully saturated rings. The molecule has 0 bridgehead atoms. The van der Waals surface area contributed by atoms with Crippen LogP contribution in [0.2, 0.25) is 0 Å². The minimum absolute atomic E-state index is 1.17. The molecule has 0 saturated carbocycles. The standard InChI is InChI=1S/C26H18N2/c1-4-13-24-20(10-1)23(17-27-24)18-8-7-9-19(16-18)28-25-14-5-2-11-21(25)22-12-3-6-15-26(22)28/h1-17,27H. The van der Waals surface area contributed by atoms with Gasteiger partial charge in [-0.3, -0.25) is 0 Å². The largest absolute Gasteiger partial charge is 0.361 e. The molecule has 2 nitrogen and oxygen atoms in total. The topological polar surface area (TPSA) is 20.7 Å². The van der Waals surface area contributed by atoms with E-state index >= 15 is 0 Å². The van der Waals surface area contributed by atoms with Gasteiger partial charge in [0, 0.05) is 39.1 Å². The van der Waals surface area contributed by atoms with Crippen molar-refractivity contribution in [2.24, 2.45) is 0 Å². The Morgan fingerprint density at radius 3 is 1.96 bits per heavy atom. The van der Waals surface area contributed by atoms with Crippen molar-refractivity contribution >= 4 is 32.7 Å². The molecule has 6 aromatic rings. The van der Waals surface area contributed by atoms with Crippen LogP contribution in [0.5, 0.6) is 0 Å². The highest BCUT2D eigenvalue weighted by Gasteiger charge is 2.12. The van der Waals surface area contributed by atoms with Gasteiger partial charge in [-0.15, -0.1) is 0 Å². The molecule has 4 aromatic carbocycles. The van der Waals surface area contributed by atoms with Crippen molar-refractivity contribution < 1.29 is 0 Å². The zero-order valence-electron chi connectivity index (χ0n) is 15.3. The molecule has 132 valence electrons. The molecule has 0 aliphatic heterocycles. The molecule has 0 aliphatic rings. The van der Waals surface area contributed by atoms with Crippen molar-refractivity contribution in [2.45, 2.75) is 0 Å². The highest BCUT2D eigenvalue weighted by molar-refractivity contribution is 6.09. The van der Waals surface area contributed by atoms with Crippen LogP contribution in [-0.4, -0.2) is 9.55 Å². The Bertz CT molecular complexity index is 1410.